The number of carbonyl (C=O) groups is 2. The fourth-order valence-corrected chi connectivity index (χ4v) is 4.38. The maximum absolute atomic E-state index is 13.3. The zero-order valence-corrected chi connectivity index (χ0v) is 19.5. The number of ketones is 1. The van der Waals surface area contributed by atoms with Crippen molar-refractivity contribution >= 4 is 35.2 Å². The van der Waals surface area contributed by atoms with Gasteiger partial charge in [0.2, 0.25) is 5.91 Å². The van der Waals surface area contributed by atoms with Crippen LogP contribution < -0.4 is 24.8 Å². The lowest BCUT2D eigenvalue weighted by atomic mass is 10.1. The Hall–Kier alpha value is -4.24. The van der Waals surface area contributed by atoms with Crippen LogP contribution in [0.15, 0.2) is 76.1 Å². The summed E-state index contributed by atoms with van der Waals surface area (Å²) < 4.78 is 25.6. The van der Waals surface area contributed by atoms with Gasteiger partial charge >= 0.3 is 0 Å². The molecule has 178 valence electrons. The van der Waals surface area contributed by atoms with Crippen molar-refractivity contribution in [1.29, 1.82) is 0 Å². The number of amides is 1. The number of hydrogen-bond donors (Lipinski definition) is 1. The van der Waals surface area contributed by atoms with E-state index in [0.717, 1.165) is 11.3 Å². The van der Waals surface area contributed by atoms with E-state index in [1.165, 1.54) is 48.3 Å². The maximum atomic E-state index is 13.3. The standard InChI is InChI=1S/C26H21FN2O5S/c1-33-22-7-3-2-6-20(22)21(30)14-25-29(16-24(31)28-15-19-5-4-12-34-19)26(32)23(35-25)13-17-8-10-18(27)11-9-17/h2-14H,15-16H2,1H3,(H,28,31)/b23-13-,25-14-. The summed E-state index contributed by atoms with van der Waals surface area (Å²) in [6, 6.07) is 15.8. The fourth-order valence-electron chi connectivity index (χ4n) is 3.34. The second-order valence-corrected chi connectivity index (χ2v) is 8.52. The maximum Gasteiger partial charge on any atom is 0.269 e. The van der Waals surface area contributed by atoms with Gasteiger partial charge in [0, 0.05) is 6.08 Å². The van der Waals surface area contributed by atoms with Crippen LogP contribution in [0.25, 0.3) is 12.2 Å². The van der Waals surface area contributed by atoms with Gasteiger partial charge in [-0.25, -0.2) is 4.39 Å². The first-order valence-electron chi connectivity index (χ1n) is 10.6. The molecule has 0 unspecified atom stereocenters. The van der Waals surface area contributed by atoms with Gasteiger partial charge in [0.15, 0.2) is 5.78 Å². The molecule has 1 amide bonds. The summed E-state index contributed by atoms with van der Waals surface area (Å²) in [7, 11) is 1.46. The van der Waals surface area contributed by atoms with Crippen molar-refractivity contribution in [3.05, 3.63) is 109 Å². The van der Waals surface area contributed by atoms with Gasteiger partial charge in [-0.2, -0.15) is 0 Å². The fraction of sp³-hybridized carbons (Fsp3) is 0.115. The van der Waals surface area contributed by atoms with Crippen LogP contribution in [0.1, 0.15) is 21.7 Å². The number of aromatic nitrogens is 1. The molecule has 0 aliphatic rings. The van der Waals surface area contributed by atoms with Crippen molar-refractivity contribution in [2.45, 2.75) is 13.1 Å². The second-order valence-electron chi connectivity index (χ2n) is 7.46. The molecule has 2 heterocycles. The average Bonchev–Trinajstić information content (AvgIpc) is 3.48. The molecule has 9 heteroatoms. The highest BCUT2D eigenvalue weighted by atomic mass is 32.1. The summed E-state index contributed by atoms with van der Waals surface area (Å²) >= 11 is 1.06. The quantitative estimate of drug-likeness (QED) is 0.382. The highest BCUT2D eigenvalue weighted by Gasteiger charge is 2.14. The van der Waals surface area contributed by atoms with Crippen molar-refractivity contribution in [2.75, 3.05) is 7.11 Å². The number of benzene rings is 2. The van der Waals surface area contributed by atoms with E-state index in [0.29, 0.717) is 31.8 Å². The second kappa shape index (κ2) is 10.8. The number of nitrogens with one attached hydrogen (secondary N) is 1. The first-order valence-corrected chi connectivity index (χ1v) is 11.4. The van der Waals surface area contributed by atoms with Gasteiger partial charge in [-0.15, -0.1) is 11.3 Å². The molecule has 2 aromatic heterocycles. The zero-order valence-electron chi connectivity index (χ0n) is 18.7. The van der Waals surface area contributed by atoms with Crippen molar-refractivity contribution in [1.82, 2.24) is 9.88 Å². The molecule has 1 N–H and O–H groups in total. The SMILES string of the molecule is COc1ccccc1C(=O)/C=c1\s/c(=C\c2ccc(F)cc2)c(=O)n1CC(=O)NCc1ccco1. The number of hydrogen-bond acceptors (Lipinski definition) is 6. The largest absolute Gasteiger partial charge is 0.496 e. The number of furan rings is 1. The highest BCUT2D eigenvalue weighted by Crippen LogP contribution is 2.18. The summed E-state index contributed by atoms with van der Waals surface area (Å²) in [4.78, 5) is 38.8. The molecule has 0 saturated carbocycles. The normalized spacial score (nSPS) is 12.1. The molecule has 0 fully saturated rings. The number of halogens is 1. The first kappa shape index (κ1) is 23.9. The Balaban J connectivity index is 1.73. The predicted molar refractivity (Wildman–Crippen MR) is 130 cm³/mol. The van der Waals surface area contributed by atoms with Gasteiger partial charge < -0.3 is 14.5 Å². The van der Waals surface area contributed by atoms with E-state index in [9.17, 15) is 18.8 Å². The number of rotatable bonds is 8. The smallest absolute Gasteiger partial charge is 0.269 e. The number of Topliss-reactive ketones (excluding diaryl/α,β-unsaturated/α-hetero) is 1. The lowest BCUT2D eigenvalue weighted by Crippen LogP contribution is -2.38. The average molecular weight is 493 g/mol. The van der Waals surface area contributed by atoms with Crippen LogP contribution in [0.3, 0.4) is 0 Å². The molecule has 35 heavy (non-hydrogen) atoms. The molecule has 0 aliphatic heterocycles. The van der Waals surface area contributed by atoms with Crippen molar-refractivity contribution in [3.8, 4) is 5.75 Å². The number of thiazole rings is 1. The number of ether oxygens (including phenoxy) is 1. The Morgan fingerprint density at radius 3 is 2.60 bits per heavy atom. The van der Waals surface area contributed by atoms with Gasteiger partial charge in [-0.3, -0.25) is 19.0 Å². The monoisotopic (exact) mass is 492 g/mol. The van der Waals surface area contributed by atoms with E-state index in [4.69, 9.17) is 9.15 Å². The molecule has 4 rings (SSSR count). The lowest BCUT2D eigenvalue weighted by molar-refractivity contribution is -0.122. The topological polar surface area (TPSA) is 90.5 Å². The molecule has 0 bridgehead atoms. The molecular formula is C26H21FN2O5S. The summed E-state index contributed by atoms with van der Waals surface area (Å²) in [6.07, 6.45) is 4.40. The van der Waals surface area contributed by atoms with E-state index in [1.807, 2.05) is 0 Å². The minimum Gasteiger partial charge on any atom is -0.496 e. The Morgan fingerprint density at radius 1 is 1.11 bits per heavy atom. The molecule has 0 saturated heterocycles. The third kappa shape index (κ3) is 5.82. The van der Waals surface area contributed by atoms with Crippen LogP contribution in [-0.4, -0.2) is 23.4 Å². The van der Waals surface area contributed by atoms with Crippen molar-refractivity contribution < 1.29 is 23.1 Å². The van der Waals surface area contributed by atoms with Crippen LogP contribution in [-0.2, 0) is 17.9 Å². The first-order chi connectivity index (χ1) is 16.9. The van der Waals surface area contributed by atoms with E-state index in [2.05, 4.69) is 5.32 Å². The summed E-state index contributed by atoms with van der Waals surface area (Å²) in [5, 5.41) is 2.70. The Kier molecular flexibility index (Phi) is 7.37. The van der Waals surface area contributed by atoms with Crippen LogP contribution in [0.5, 0.6) is 5.75 Å². The summed E-state index contributed by atoms with van der Waals surface area (Å²) in [5.74, 6) is -0.223. The molecule has 0 aliphatic carbocycles. The molecule has 7 nitrogen and oxygen atoms in total. The molecule has 0 radical (unpaired) electrons. The van der Waals surface area contributed by atoms with E-state index < -0.39 is 17.3 Å². The van der Waals surface area contributed by atoms with E-state index >= 15 is 0 Å². The predicted octanol–water partition coefficient (Wildman–Crippen LogP) is 2.46. The minimum atomic E-state index is -0.438. The third-order valence-corrected chi connectivity index (χ3v) is 6.13. The van der Waals surface area contributed by atoms with Gasteiger partial charge in [0.1, 0.15) is 28.5 Å². The highest BCUT2D eigenvalue weighted by molar-refractivity contribution is 7.07. The summed E-state index contributed by atoms with van der Waals surface area (Å²) in [5.41, 5.74) is 0.502. The molecule has 4 aromatic rings. The zero-order chi connectivity index (χ0) is 24.8. The van der Waals surface area contributed by atoms with Gasteiger partial charge in [0.05, 0.1) is 30.0 Å². The van der Waals surface area contributed by atoms with Crippen LogP contribution in [0.4, 0.5) is 4.39 Å². The van der Waals surface area contributed by atoms with Gasteiger partial charge in [0.25, 0.3) is 5.56 Å². The Bertz CT molecular complexity index is 1520. The van der Waals surface area contributed by atoms with E-state index in [1.54, 1.807) is 42.5 Å². The molecule has 0 atom stereocenters. The van der Waals surface area contributed by atoms with Gasteiger partial charge in [-0.1, -0.05) is 24.3 Å². The third-order valence-electron chi connectivity index (χ3n) is 5.07. The van der Waals surface area contributed by atoms with Crippen LogP contribution in [0, 0.1) is 5.82 Å². The van der Waals surface area contributed by atoms with Crippen molar-refractivity contribution in [3.63, 3.8) is 0 Å². The Labute approximate surface area is 203 Å². The van der Waals surface area contributed by atoms with Gasteiger partial charge in [-0.05, 0) is 48.0 Å². The number of para-hydroxylation sites is 1. The molecule has 0 spiro atoms. The van der Waals surface area contributed by atoms with Crippen LogP contribution >= 0.6 is 11.3 Å². The lowest BCUT2D eigenvalue weighted by Gasteiger charge is -2.05. The number of nitrogens with zero attached hydrogens (tertiary/aromatic N) is 1. The van der Waals surface area contributed by atoms with E-state index in [-0.39, 0.29) is 18.9 Å². The van der Waals surface area contributed by atoms with Crippen LogP contribution in [0.2, 0.25) is 0 Å². The summed E-state index contributed by atoms with van der Waals surface area (Å²) in [6.45, 7) is -0.128. The minimum absolute atomic E-state index is 0.165. The molecule has 2 aromatic carbocycles. The number of carbonyl (C=O) groups excluding carboxylic acids is 2. The van der Waals surface area contributed by atoms with Crippen molar-refractivity contribution in [2.24, 2.45) is 0 Å². The molecular weight excluding hydrogens is 471 g/mol. The Morgan fingerprint density at radius 2 is 1.89 bits per heavy atom. The number of methoxy groups -OCH3 is 1.